The minimum atomic E-state index is -0.495. The number of esters is 1. The summed E-state index contributed by atoms with van der Waals surface area (Å²) in [6.45, 7) is 0. The number of methoxy groups -OCH3 is 1. The molecule has 0 aliphatic heterocycles. The Labute approximate surface area is 154 Å². The molecule has 0 spiro atoms. The van der Waals surface area contributed by atoms with Gasteiger partial charge in [-0.05, 0) is 54.3 Å². The molecule has 0 bridgehead atoms. The van der Waals surface area contributed by atoms with Crippen molar-refractivity contribution in [1.82, 2.24) is 4.98 Å². The zero-order chi connectivity index (χ0) is 19.4. The molecule has 2 aromatic carbocycles. The fraction of sp³-hybridized carbons (Fsp3) is 0.150. The molecular weight excluding hydrogens is 351 g/mol. The molecule has 7 heteroatoms. The predicted molar refractivity (Wildman–Crippen MR) is 99.3 cm³/mol. The summed E-state index contributed by atoms with van der Waals surface area (Å²) in [7, 11) is 1.28. The Morgan fingerprint density at radius 2 is 1.96 bits per heavy atom. The summed E-state index contributed by atoms with van der Waals surface area (Å²) in [4.78, 5) is 38.4. The average Bonchev–Trinajstić information content (AvgIpc) is 2.66. The number of carbonyl (C=O) groups is 2. The number of aromatic nitrogens is 1. The Balaban J connectivity index is 1.68. The second-order valence-electron chi connectivity index (χ2n) is 5.98. The second-order valence-corrected chi connectivity index (χ2v) is 5.98. The van der Waals surface area contributed by atoms with Gasteiger partial charge in [-0.15, -0.1) is 0 Å². The van der Waals surface area contributed by atoms with Crippen LogP contribution in [0.1, 0.15) is 22.3 Å². The van der Waals surface area contributed by atoms with Gasteiger partial charge in [-0.1, -0.05) is 6.07 Å². The summed E-state index contributed by atoms with van der Waals surface area (Å²) in [5.41, 5.74) is 1.29. The first-order valence-electron chi connectivity index (χ1n) is 8.26. The van der Waals surface area contributed by atoms with Gasteiger partial charge in [0.25, 0.3) is 5.56 Å². The van der Waals surface area contributed by atoms with E-state index in [1.165, 1.54) is 25.3 Å². The molecule has 0 aliphatic carbocycles. The van der Waals surface area contributed by atoms with Gasteiger partial charge in [-0.2, -0.15) is 0 Å². The van der Waals surface area contributed by atoms with Crippen LogP contribution >= 0.6 is 0 Å². The SMILES string of the molecule is COC(=O)c1cccc(NC(=O)CCc2cc3ccc(F)cc3[nH]c2=O)c1. The van der Waals surface area contributed by atoms with Crippen molar-refractivity contribution in [3.63, 3.8) is 0 Å². The molecule has 1 heterocycles. The molecule has 0 fully saturated rings. The number of amides is 1. The lowest BCUT2D eigenvalue weighted by Gasteiger charge is -2.07. The van der Waals surface area contributed by atoms with E-state index in [0.29, 0.717) is 27.7 Å². The van der Waals surface area contributed by atoms with Gasteiger partial charge in [0.1, 0.15) is 5.82 Å². The molecule has 0 saturated heterocycles. The van der Waals surface area contributed by atoms with E-state index >= 15 is 0 Å². The number of rotatable bonds is 5. The van der Waals surface area contributed by atoms with Crippen molar-refractivity contribution in [2.45, 2.75) is 12.8 Å². The van der Waals surface area contributed by atoms with Crippen LogP contribution in [0.25, 0.3) is 10.9 Å². The molecule has 0 aliphatic rings. The maximum Gasteiger partial charge on any atom is 0.337 e. The summed E-state index contributed by atoms with van der Waals surface area (Å²) in [5, 5.41) is 3.38. The van der Waals surface area contributed by atoms with Crippen LogP contribution in [0.2, 0.25) is 0 Å². The Kier molecular flexibility index (Phi) is 5.30. The highest BCUT2D eigenvalue weighted by Gasteiger charge is 2.10. The van der Waals surface area contributed by atoms with E-state index in [0.717, 1.165) is 0 Å². The molecule has 3 rings (SSSR count). The predicted octanol–water partition coefficient (Wildman–Crippen LogP) is 3.03. The smallest absolute Gasteiger partial charge is 0.337 e. The number of hydrogen-bond acceptors (Lipinski definition) is 4. The minimum Gasteiger partial charge on any atom is -0.465 e. The van der Waals surface area contributed by atoms with Crippen LogP contribution in [-0.2, 0) is 16.0 Å². The maximum atomic E-state index is 13.2. The molecule has 0 atom stereocenters. The zero-order valence-electron chi connectivity index (χ0n) is 14.5. The molecule has 138 valence electrons. The van der Waals surface area contributed by atoms with E-state index in [4.69, 9.17) is 0 Å². The summed E-state index contributed by atoms with van der Waals surface area (Å²) >= 11 is 0. The number of benzene rings is 2. The van der Waals surface area contributed by atoms with E-state index in [9.17, 15) is 18.8 Å². The van der Waals surface area contributed by atoms with Crippen molar-refractivity contribution in [1.29, 1.82) is 0 Å². The normalized spacial score (nSPS) is 10.6. The van der Waals surface area contributed by atoms with Crippen molar-refractivity contribution in [2.75, 3.05) is 12.4 Å². The fourth-order valence-corrected chi connectivity index (χ4v) is 2.72. The molecule has 6 nitrogen and oxygen atoms in total. The van der Waals surface area contributed by atoms with Gasteiger partial charge in [0.15, 0.2) is 0 Å². The molecule has 0 radical (unpaired) electrons. The first-order chi connectivity index (χ1) is 13.0. The lowest BCUT2D eigenvalue weighted by atomic mass is 10.1. The maximum absolute atomic E-state index is 13.2. The van der Waals surface area contributed by atoms with Gasteiger partial charge >= 0.3 is 5.97 Å². The highest BCUT2D eigenvalue weighted by molar-refractivity contribution is 5.94. The number of H-pyrrole nitrogens is 1. The monoisotopic (exact) mass is 368 g/mol. The number of halogens is 1. The molecule has 3 aromatic rings. The fourth-order valence-electron chi connectivity index (χ4n) is 2.72. The quantitative estimate of drug-likeness (QED) is 0.678. The van der Waals surface area contributed by atoms with Crippen LogP contribution in [0.15, 0.2) is 53.3 Å². The van der Waals surface area contributed by atoms with Crippen LogP contribution in [0, 0.1) is 5.82 Å². The number of nitrogens with one attached hydrogen (secondary N) is 2. The van der Waals surface area contributed by atoms with E-state index in [1.807, 2.05) is 0 Å². The highest BCUT2D eigenvalue weighted by Crippen LogP contribution is 2.15. The Morgan fingerprint density at radius 3 is 2.74 bits per heavy atom. The summed E-state index contributed by atoms with van der Waals surface area (Å²) < 4.78 is 17.9. The van der Waals surface area contributed by atoms with Gasteiger partial charge in [0, 0.05) is 17.7 Å². The summed E-state index contributed by atoms with van der Waals surface area (Å²) in [6.07, 6.45) is 0.309. The zero-order valence-corrected chi connectivity index (χ0v) is 14.5. The lowest BCUT2D eigenvalue weighted by molar-refractivity contribution is -0.116. The van der Waals surface area contributed by atoms with Crippen LogP contribution in [0.3, 0.4) is 0 Å². The van der Waals surface area contributed by atoms with Crippen molar-refractivity contribution < 1.29 is 18.7 Å². The van der Waals surface area contributed by atoms with Crippen molar-refractivity contribution in [3.05, 3.63) is 75.8 Å². The van der Waals surface area contributed by atoms with E-state index in [1.54, 1.807) is 30.3 Å². The molecule has 2 N–H and O–H groups in total. The Bertz CT molecular complexity index is 1080. The molecule has 1 amide bonds. The van der Waals surface area contributed by atoms with Crippen LogP contribution in [0.5, 0.6) is 0 Å². The van der Waals surface area contributed by atoms with Crippen LogP contribution < -0.4 is 10.9 Å². The lowest BCUT2D eigenvalue weighted by Crippen LogP contribution is -2.17. The number of hydrogen-bond donors (Lipinski definition) is 2. The third-order valence-corrected chi connectivity index (χ3v) is 4.07. The minimum absolute atomic E-state index is 0.0816. The molecule has 0 unspecified atom stereocenters. The Morgan fingerprint density at radius 1 is 1.15 bits per heavy atom. The standard InChI is InChI=1S/C20H17FN2O4/c1-27-20(26)14-3-2-4-16(10-14)22-18(24)8-6-13-9-12-5-7-15(21)11-17(12)23-19(13)25/h2-5,7,9-11H,6,8H2,1H3,(H,22,24)(H,23,25). The number of pyridine rings is 1. The number of anilines is 1. The van der Waals surface area contributed by atoms with Gasteiger partial charge in [-0.3, -0.25) is 9.59 Å². The summed E-state index contributed by atoms with van der Waals surface area (Å²) in [5.74, 6) is -1.22. The number of aryl methyl sites for hydroxylation is 1. The highest BCUT2D eigenvalue weighted by atomic mass is 19.1. The first-order valence-corrected chi connectivity index (χ1v) is 8.26. The second kappa shape index (κ2) is 7.82. The van der Waals surface area contributed by atoms with E-state index in [2.05, 4.69) is 15.0 Å². The van der Waals surface area contributed by atoms with Crippen LogP contribution in [0.4, 0.5) is 10.1 Å². The van der Waals surface area contributed by atoms with E-state index < -0.39 is 11.8 Å². The average molecular weight is 368 g/mol. The van der Waals surface area contributed by atoms with Gasteiger partial charge in [0.05, 0.1) is 18.2 Å². The molecule has 0 saturated carbocycles. The summed E-state index contributed by atoms with van der Waals surface area (Å²) in [6, 6.07) is 12.2. The number of fused-ring (bicyclic) bond motifs is 1. The molecule has 27 heavy (non-hydrogen) atoms. The third kappa shape index (κ3) is 4.38. The Hall–Kier alpha value is -3.48. The van der Waals surface area contributed by atoms with Crippen molar-refractivity contribution in [3.8, 4) is 0 Å². The van der Waals surface area contributed by atoms with Crippen LogP contribution in [-0.4, -0.2) is 24.0 Å². The van der Waals surface area contributed by atoms with Gasteiger partial charge in [-0.25, -0.2) is 9.18 Å². The first kappa shape index (κ1) is 18.3. The topological polar surface area (TPSA) is 88.3 Å². The van der Waals surface area contributed by atoms with Gasteiger partial charge < -0.3 is 15.0 Å². The van der Waals surface area contributed by atoms with Crippen molar-refractivity contribution in [2.24, 2.45) is 0 Å². The third-order valence-electron chi connectivity index (χ3n) is 4.07. The number of carbonyl (C=O) groups excluding carboxylic acids is 2. The molecule has 1 aromatic heterocycles. The number of ether oxygens (including phenoxy) is 1. The molecular formula is C20H17FN2O4. The van der Waals surface area contributed by atoms with E-state index in [-0.39, 0.29) is 24.3 Å². The number of aromatic amines is 1. The van der Waals surface area contributed by atoms with Crippen molar-refractivity contribution >= 4 is 28.5 Å². The largest absolute Gasteiger partial charge is 0.465 e. The van der Waals surface area contributed by atoms with Gasteiger partial charge in [0.2, 0.25) is 5.91 Å².